The minimum Gasteiger partial charge on any atom is -0.370 e. The van der Waals surface area contributed by atoms with Crippen molar-refractivity contribution in [3.8, 4) is 0 Å². The monoisotopic (exact) mass is 264 g/mol. The van der Waals surface area contributed by atoms with E-state index in [1.807, 2.05) is 0 Å². The van der Waals surface area contributed by atoms with Crippen molar-refractivity contribution in [2.24, 2.45) is 0 Å². The molecule has 1 fully saturated rings. The molecule has 0 saturated carbocycles. The minimum atomic E-state index is 0.806. The quantitative estimate of drug-likeness (QED) is 0.879. The van der Waals surface area contributed by atoms with Crippen molar-refractivity contribution in [1.29, 1.82) is 0 Å². The molecule has 2 rings (SSSR count). The van der Waals surface area contributed by atoms with E-state index in [0.29, 0.717) is 0 Å². The van der Waals surface area contributed by atoms with Crippen LogP contribution < -0.4 is 10.2 Å². The average Bonchev–Trinajstić information content (AvgIpc) is 2.46. The van der Waals surface area contributed by atoms with Gasteiger partial charge in [-0.25, -0.2) is 0 Å². The number of anilines is 1. The standard InChI is InChI=1S/C15H24N2S/c1-3-15-12-17(9-10-18-15)14-7-5-13(6-8-14)11-16-4-2/h5-8,15-16H,3-4,9-12H2,1-2H3. The number of benzene rings is 1. The first-order chi connectivity index (χ1) is 8.83. The lowest BCUT2D eigenvalue weighted by Gasteiger charge is -2.33. The van der Waals surface area contributed by atoms with Gasteiger partial charge >= 0.3 is 0 Å². The van der Waals surface area contributed by atoms with Crippen LogP contribution in [0.15, 0.2) is 24.3 Å². The van der Waals surface area contributed by atoms with Crippen LogP contribution >= 0.6 is 11.8 Å². The Morgan fingerprint density at radius 1 is 1.28 bits per heavy atom. The van der Waals surface area contributed by atoms with Gasteiger partial charge in [-0.3, -0.25) is 0 Å². The summed E-state index contributed by atoms with van der Waals surface area (Å²) in [5.74, 6) is 1.26. The van der Waals surface area contributed by atoms with Crippen LogP contribution in [0.5, 0.6) is 0 Å². The molecule has 1 aliphatic heterocycles. The normalized spacial score (nSPS) is 20.1. The van der Waals surface area contributed by atoms with Gasteiger partial charge in [0.1, 0.15) is 0 Å². The number of nitrogens with one attached hydrogen (secondary N) is 1. The predicted molar refractivity (Wildman–Crippen MR) is 82.6 cm³/mol. The lowest BCUT2D eigenvalue weighted by atomic mass is 10.2. The maximum absolute atomic E-state index is 3.36. The summed E-state index contributed by atoms with van der Waals surface area (Å²) >= 11 is 2.12. The van der Waals surface area contributed by atoms with Crippen molar-refractivity contribution >= 4 is 17.4 Å². The van der Waals surface area contributed by atoms with Crippen LogP contribution in [0.3, 0.4) is 0 Å². The van der Waals surface area contributed by atoms with E-state index in [2.05, 4.69) is 60.1 Å². The lowest BCUT2D eigenvalue weighted by molar-refractivity contribution is 0.721. The summed E-state index contributed by atoms with van der Waals surface area (Å²) in [6.45, 7) is 8.83. The molecule has 1 unspecified atom stereocenters. The highest BCUT2D eigenvalue weighted by Gasteiger charge is 2.18. The molecular weight excluding hydrogens is 240 g/mol. The van der Waals surface area contributed by atoms with Crippen molar-refractivity contribution in [3.63, 3.8) is 0 Å². The van der Waals surface area contributed by atoms with Crippen LogP contribution in [0.25, 0.3) is 0 Å². The third kappa shape index (κ3) is 3.66. The van der Waals surface area contributed by atoms with Gasteiger partial charge in [-0.15, -0.1) is 0 Å². The highest BCUT2D eigenvalue weighted by molar-refractivity contribution is 8.00. The van der Waals surface area contributed by atoms with Gasteiger partial charge in [0.15, 0.2) is 0 Å². The summed E-state index contributed by atoms with van der Waals surface area (Å²) in [6.07, 6.45) is 1.28. The molecule has 18 heavy (non-hydrogen) atoms. The summed E-state index contributed by atoms with van der Waals surface area (Å²) in [5.41, 5.74) is 2.76. The third-order valence-corrected chi connectivity index (χ3v) is 4.85. The molecule has 1 aliphatic rings. The van der Waals surface area contributed by atoms with Crippen molar-refractivity contribution in [2.45, 2.75) is 32.1 Å². The van der Waals surface area contributed by atoms with Gasteiger partial charge in [0, 0.05) is 36.3 Å². The second-order valence-corrected chi connectivity index (χ2v) is 6.20. The first-order valence-corrected chi connectivity index (χ1v) is 8.04. The molecule has 1 N–H and O–H groups in total. The Bertz CT molecular complexity index is 350. The molecule has 1 aromatic carbocycles. The number of nitrogens with zero attached hydrogens (tertiary/aromatic N) is 1. The summed E-state index contributed by atoms with van der Waals surface area (Å²) in [5, 5.41) is 4.17. The van der Waals surface area contributed by atoms with E-state index in [1.165, 1.54) is 36.5 Å². The van der Waals surface area contributed by atoms with Crippen LogP contribution in [0, 0.1) is 0 Å². The molecule has 0 spiro atoms. The smallest absolute Gasteiger partial charge is 0.0367 e. The zero-order chi connectivity index (χ0) is 12.8. The van der Waals surface area contributed by atoms with Crippen LogP contribution in [0.2, 0.25) is 0 Å². The highest BCUT2D eigenvalue weighted by atomic mass is 32.2. The first kappa shape index (κ1) is 13.8. The fourth-order valence-electron chi connectivity index (χ4n) is 2.29. The molecule has 0 aliphatic carbocycles. The van der Waals surface area contributed by atoms with Crippen LogP contribution in [0.1, 0.15) is 25.8 Å². The Kier molecular flexibility index (Phi) is 5.39. The fourth-order valence-corrected chi connectivity index (χ4v) is 3.47. The zero-order valence-corrected chi connectivity index (χ0v) is 12.3. The van der Waals surface area contributed by atoms with E-state index in [0.717, 1.165) is 18.3 Å². The Balaban J connectivity index is 1.96. The number of hydrogen-bond donors (Lipinski definition) is 1. The first-order valence-electron chi connectivity index (χ1n) is 6.99. The maximum atomic E-state index is 3.36. The number of thioether (sulfide) groups is 1. The Hall–Kier alpha value is -0.670. The van der Waals surface area contributed by atoms with Gasteiger partial charge in [0.2, 0.25) is 0 Å². The summed E-state index contributed by atoms with van der Waals surface area (Å²) in [6, 6.07) is 9.05. The fraction of sp³-hybridized carbons (Fsp3) is 0.600. The van der Waals surface area contributed by atoms with Gasteiger partial charge in [0.25, 0.3) is 0 Å². The van der Waals surface area contributed by atoms with Crippen LogP contribution in [-0.2, 0) is 6.54 Å². The van der Waals surface area contributed by atoms with Crippen LogP contribution in [-0.4, -0.2) is 30.6 Å². The molecule has 1 aromatic rings. The van der Waals surface area contributed by atoms with Crippen molar-refractivity contribution in [3.05, 3.63) is 29.8 Å². The number of hydrogen-bond acceptors (Lipinski definition) is 3. The highest BCUT2D eigenvalue weighted by Crippen LogP contribution is 2.25. The number of rotatable bonds is 5. The predicted octanol–water partition coefficient (Wildman–Crippen LogP) is 3.13. The molecule has 1 saturated heterocycles. The van der Waals surface area contributed by atoms with E-state index in [1.54, 1.807) is 0 Å². The van der Waals surface area contributed by atoms with Crippen molar-refractivity contribution in [2.75, 3.05) is 30.3 Å². The molecular formula is C15H24N2S. The summed E-state index contributed by atoms with van der Waals surface area (Å²) < 4.78 is 0. The second-order valence-electron chi connectivity index (χ2n) is 4.79. The molecule has 0 amide bonds. The maximum Gasteiger partial charge on any atom is 0.0367 e. The van der Waals surface area contributed by atoms with E-state index < -0.39 is 0 Å². The van der Waals surface area contributed by atoms with Gasteiger partial charge < -0.3 is 10.2 Å². The van der Waals surface area contributed by atoms with Crippen LogP contribution in [0.4, 0.5) is 5.69 Å². The Labute approximate surface area is 115 Å². The van der Waals surface area contributed by atoms with E-state index in [4.69, 9.17) is 0 Å². The molecule has 100 valence electrons. The average molecular weight is 264 g/mol. The molecule has 3 heteroatoms. The molecule has 1 atom stereocenters. The minimum absolute atomic E-state index is 0.806. The molecule has 2 nitrogen and oxygen atoms in total. The summed E-state index contributed by atoms with van der Waals surface area (Å²) in [4.78, 5) is 2.53. The van der Waals surface area contributed by atoms with E-state index in [9.17, 15) is 0 Å². The third-order valence-electron chi connectivity index (χ3n) is 3.47. The van der Waals surface area contributed by atoms with Gasteiger partial charge in [-0.05, 0) is 30.7 Å². The second kappa shape index (κ2) is 7.05. The molecule has 1 heterocycles. The zero-order valence-electron chi connectivity index (χ0n) is 11.5. The largest absolute Gasteiger partial charge is 0.370 e. The Morgan fingerprint density at radius 2 is 2.06 bits per heavy atom. The Morgan fingerprint density at radius 3 is 2.72 bits per heavy atom. The van der Waals surface area contributed by atoms with E-state index in [-0.39, 0.29) is 0 Å². The SMILES string of the molecule is CCNCc1ccc(N2CCSC(CC)C2)cc1. The van der Waals surface area contributed by atoms with Gasteiger partial charge in [-0.1, -0.05) is 26.0 Å². The summed E-state index contributed by atoms with van der Waals surface area (Å²) in [7, 11) is 0. The van der Waals surface area contributed by atoms with Gasteiger partial charge in [-0.2, -0.15) is 11.8 Å². The molecule has 0 aromatic heterocycles. The topological polar surface area (TPSA) is 15.3 Å². The van der Waals surface area contributed by atoms with Crippen molar-refractivity contribution in [1.82, 2.24) is 5.32 Å². The lowest BCUT2D eigenvalue weighted by Crippen LogP contribution is -2.37. The molecule has 0 radical (unpaired) electrons. The molecule has 0 bridgehead atoms. The van der Waals surface area contributed by atoms with Crippen molar-refractivity contribution < 1.29 is 0 Å². The van der Waals surface area contributed by atoms with E-state index >= 15 is 0 Å². The van der Waals surface area contributed by atoms with Gasteiger partial charge in [0.05, 0.1) is 0 Å².